The van der Waals surface area contributed by atoms with E-state index in [1.165, 1.54) is 19.3 Å². The molecule has 0 aromatic heterocycles. The molecule has 24 heteroatoms. The molecule has 0 amide bonds. The van der Waals surface area contributed by atoms with Crippen LogP contribution in [-0.4, -0.2) is 177 Å². The van der Waals surface area contributed by atoms with E-state index >= 15 is 0 Å². The summed E-state index contributed by atoms with van der Waals surface area (Å²) in [5.41, 5.74) is -1.61. The molecule has 41 atom stereocenters. The summed E-state index contributed by atoms with van der Waals surface area (Å²) in [6, 6.07) is 2.52. The third-order valence-electron chi connectivity index (χ3n) is 43.1. The van der Waals surface area contributed by atoms with E-state index in [0.29, 0.717) is 244 Å². The molecule has 0 bridgehead atoms. The van der Waals surface area contributed by atoms with Gasteiger partial charge in [-0.15, -0.1) is 0 Å². The number of aliphatic hydroxyl groups excluding tert-OH is 4. The Labute approximate surface area is 787 Å². The lowest BCUT2D eigenvalue weighted by Crippen LogP contribution is -2.61. The van der Waals surface area contributed by atoms with Gasteiger partial charge >= 0.3 is 10.4 Å². The average molecular weight is 1860 g/mol. The molecular weight excluding hydrogens is 1700 g/mol. The monoisotopic (exact) mass is 1860 g/mol. The highest BCUT2D eigenvalue weighted by Crippen LogP contribution is 2.73. The van der Waals surface area contributed by atoms with Crippen LogP contribution < -0.4 is 0 Å². The molecule has 740 valence electrons. The van der Waals surface area contributed by atoms with Crippen LogP contribution in [0.25, 0.3) is 0 Å². The first kappa shape index (κ1) is 101. The zero-order chi connectivity index (χ0) is 95.2. The minimum atomic E-state index is -4.67. The van der Waals surface area contributed by atoms with Gasteiger partial charge in [-0.3, -0.25) is 52.3 Å². The topological polar surface area (TPSA) is 386 Å². The van der Waals surface area contributed by atoms with Crippen LogP contribution in [0.4, 0.5) is 0 Å². The summed E-state index contributed by atoms with van der Waals surface area (Å²) < 4.78 is 61.4. The van der Waals surface area contributed by atoms with Gasteiger partial charge in [0.2, 0.25) is 0 Å². The van der Waals surface area contributed by atoms with Gasteiger partial charge in [0.25, 0.3) is 0 Å². The second kappa shape index (κ2) is 37.8. The van der Waals surface area contributed by atoms with E-state index in [2.05, 4.69) is 82.2 Å². The number of rotatable bonds is 10. The Morgan fingerprint density at radius 1 is 0.364 bits per heavy atom. The van der Waals surface area contributed by atoms with Crippen LogP contribution in [0.3, 0.4) is 0 Å². The van der Waals surface area contributed by atoms with Crippen molar-refractivity contribution in [3.8, 4) is 6.07 Å². The Morgan fingerprint density at radius 3 is 1.11 bits per heavy atom. The van der Waals surface area contributed by atoms with Crippen LogP contribution in [0.2, 0.25) is 0 Å². The summed E-state index contributed by atoms with van der Waals surface area (Å²) in [6.07, 6.45) is 35.4. The first-order valence-corrected chi connectivity index (χ1v) is 54.3. The Hall–Kier alpha value is -3.97. The number of carbonyl (C=O) groups is 9. The normalized spacial score (nSPS) is 51.1. The predicted molar refractivity (Wildman–Crippen MR) is 494 cm³/mol. The zero-order valence-corrected chi connectivity index (χ0v) is 83.2. The molecule has 0 spiro atoms. The maximum absolute atomic E-state index is 13.5. The van der Waals surface area contributed by atoms with Gasteiger partial charge in [-0.2, -0.15) is 13.7 Å². The standard InChI is InChI=1S/C23H35NO3.2C22H34O4.2C19H26O3.C3H8O.H2O4S/c1-4-9-27-20-12-23(3)14(10-18(20)25)5-7-16-17-8-6-15(13-24)22(17,2)11-19(26)21(16)23;1-4-11-26-20-15-6-5-13-14-7-8-18(25)22(14,3)12-17(24)19(13)21(15,2)10-9-16(20)23;1-4-9-26-18-12-21(2)13(10-16(18)23)5-6-14-15-7-8-19(25)22(15,3)11-17(24)20(14)21;1-18-9-15-14(22-15)7-10(18)3-4-11-12-5-6-16(21)19(12,2)8-13(20)17(11)18;1-18-8-7-14-17(22-14)12(18)4-3-10-11-5-6-15(21)19(11,2)9-13(20)16(10)18;1-2-3-4;1-5(2,3)4/h14-18,20-21,25H,4-12H2,1-3H3;13-16,19-20,23H,4-12H2,1-3H3;13-16,18,20,23H,4-12H2,1-3H3;10-12,14-15,17H,3-9H2,1-2H3;10-12,14,16-17H,3-9H2,1-2H3;4H,2-3H2,1H3;(H2,1,2,3,4)/t14-,15+,16-,17-,18-,20-,21+,22+,23-;13-,14-,15-,16+,19+,20+,21-,22-;13-,14-,15-,16-,18-,20+,21-,22-;10-,11-,12-,14-,15+,17+,18-,19-;10-,11-,12-,14+,16+,17-,18-,19-;;/m00000../s1. The van der Waals surface area contributed by atoms with Crippen LogP contribution in [0, 0.1) is 190 Å². The van der Waals surface area contributed by atoms with Gasteiger partial charge in [-0.1, -0.05) is 96.9 Å². The molecule has 22 rings (SSSR count). The van der Waals surface area contributed by atoms with Crippen LogP contribution in [0.5, 0.6) is 0 Å². The minimum Gasteiger partial charge on any atom is -0.396 e. The van der Waals surface area contributed by atoms with Crippen LogP contribution in [0.15, 0.2) is 0 Å². The van der Waals surface area contributed by atoms with Crippen molar-refractivity contribution < 1.29 is 105 Å². The number of hydrogen-bond acceptors (Lipinski definition) is 21. The number of epoxide rings is 2. The molecule has 2 aliphatic heterocycles. The Balaban J connectivity index is 0.000000118. The summed E-state index contributed by atoms with van der Waals surface area (Å²) in [5, 5.41) is 49.3. The lowest BCUT2D eigenvalue weighted by Gasteiger charge is -2.60. The highest BCUT2D eigenvalue weighted by atomic mass is 32.3. The number of fused-ring (bicyclic) bond motifs is 28. The molecule has 2 saturated heterocycles. The maximum atomic E-state index is 13.5. The van der Waals surface area contributed by atoms with Crippen molar-refractivity contribution in [2.24, 2.45) is 178 Å². The molecule has 23 nitrogen and oxygen atoms in total. The summed E-state index contributed by atoms with van der Waals surface area (Å²) in [5.74, 6) is 10.2. The van der Waals surface area contributed by atoms with Gasteiger partial charge < -0.3 is 44.1 Å². The van der Waals surface area contributed by atoms with Crippen molar-refractivity contribution in [2.45, 2.75) is 408 Å². The fourth-order valence-corrected chi connectivity index (χ4v) is 36.7. The van der Waals surface area contributed by atoms with E-state index in [1.807, 2.05) is 20.8 Å². The van der Waals surface area contributed by atoms with Gasteiger partial charge in [0.15, 0.2) is 0 Å². The summed E-state index contributed by atoms with van der Waals surface area (Å²) >= 11 is 0. The molecule has 0 aromatic rings. The minimum absolute atomic E-state index is 0.0340. The number of aliphatic hydroxyl groups is 4. The summed E-state index contributed by atoms with van der Waals surface area (Å²) in [6.45, 7) is 32.6. The Bertz CT molecular complexity index is 4380. The summed E-state index contributed by atoms with van der Waals surface area (Å²) in [4.78, 5) is 116. The van der Waals surface area contributed by atoms with Gasteiger partial charge in [-0.25, -0.2) is 0 Å². The number of hydrogen-bond donors (Lipinski definition) is 6. The molecule has 20 saturated carbocycles. The van der Waals surface area contributed by atoms with Crippen molar-refractivity contribution in [2.75, 3.05) is 26.4 Å². The van der Waals surface area contributed by atoms with Crippen molar-refractivity contribution in [1.82, 2.24) is 0 Å². The molecule has 0 aromatic carbocycles. The fraction of sp³-hybridized carbons (Fsp3) is 0.907. The second-order valence-corrected chi connectivity index (χ2v) is 50.6. The highest BCUT2D eigenvalue weighted by molar-refractivity contribution is 7.79. The third-order valence-corrected chi connectivity index (χ3v) is 43.1. The molecule has 132 heavy (non-hydrogen) atoms. The van der Waals surface area contributed by atoms with Crippen molar-refractivity contribution in [3.63, 3.8) is 0 Å². The van der Waals surface area contributed by atoms with Gasteiger partial charge in [0, 0.05) is 135 Å². The van der Waals surface area contributed by atoms with Crippen molar-refractivity contribution >= 4 is 62.4 Å². The lowest BCUT2D eigenvalue weighted by molar-refractivity contribution is -0.190. The smallest absolute Gasteiger partial charge is 0.394 e. The number of nitrogens with zero attached hydrogens (tertiary/aromatic N) is 1. The first-order valence-electron chi connectivity index (χ1n) is 53.0. The molecule has 0 radical (unpaired) electrons. The maximum Gasteiger partial charge on any atom is 0.394 e. The number of nitriles is 1. The van der Waals surface area contributed by atoms with E-state index in [0.717, 1.165) is 173 Å². The third kappa shape index (κ3) is 17.3. The molecule has 6 N–H and O–H groups in total. The quantitative estimate of drug-likeness (QED) is 0.0874. The Morgan fingerprint density at radius 2 is 0.705 bits per heavy atom. The van der Waals surface area contributed by atoms with Crippen LogP contribution in [-0.2, 0) is 77.2 Å². The van der Waals surface area contributed by atoms with Crippen molar-refractivity contribution in [3.05, 3.63) is 0 Å². The molecule has 22 aliphatic rings. The molecule has 20 aliphatic carbocycles. The molecule has 0 unspecified atom stereocenters. The molecule has 2 heterocycles. The van der Waals surface area contributed by atoms with Crippen LogP contribution >= 0.6 is 0 Å². The van der Waals surface area contributed by atoms with E-state index in [4.69, 9.17) is 46.3 Å². The number of ether oxygens (including phenoxy) is 5. The molecular formula is C108H165NO22S. The number of carbonyl (C=O) groups excluding carboxylic acids is 9. The first-order chi connectivity index (χ1) is 62.3. The fourth-order valence-electron chi connectivity index (χ4n) is 36.7. The Kier molecular flexibility index (Phi) is 28.9. The largest absolute Gasteiger partial charge is 0.396 e. The average Bonchev–Trinajstić information content (AvgIpc) is 1.42. The lowest BCUT2D eigenvalue weighted by atomic mass is 9.44. The summed E-state index contributed by atoms with van der Waals surface area (Å²) in [7, 11) is -4.67. The highest BCUT2D eigenvalue weighted by Gasteiger charge is 2.73. The number of ketones is 9. The zero-order valence-electron chi connectivity index (χ0n) is 82.4. The van der Waals surface area contributed by atoms with Crippen LogP contribution in [0.1, 0.15) is 347 Å². The van der Waals surface area contributed by atoms with E-state index in [9.17, 15) is 63.7 Å². The SMILES string of the molecule is CCCO.CCCO[C@H]1C[C@@]2(C)[C@@H](CC[C@@H]3[C@@H]2C(=O)C[C@]2(C)C(=O)CC[C@@H]32)C[C@@H]1O.CCCO[C@H]1C[C@@]2(C)[C@@H](CC[C@H]3[C@@H]4CC[C@H](C#N)[C@@]4(C)CC(=O)[C@@H]32)C[C@@H]1O.CCCO[C@H]1[C@H](O)CC[C@@]2(C)[C@H]1CC[C@@H]1[C@@H]2C(=O)C[C@]2(C)C(=O)CC[C@@H]12.C[C@]12CC[C@H]3O[C@H]3[C@@H]1CC[C@@H]1[C@@H]2C(=O)C[C@]2(C)C(=O)CC[C@@H]12.C[C@]12C[C@H]3O[C@H]3C[C@@H]1CC[C@@H]1[C@@H]2C(=O)C[C@]2(C)C(=O)CC[C@@H]12.O=S(=O)(O)O. The van der Waals surface area contributed by atoms with Gasteiger partial charge in [0.05, 0.1) is 73.0 Å². The predicted octanol–water partition coefficient (Wildman–Crippen LogP) is 17.2. The molecule has 22 fully saturated rings. The van der Waals surface area contributed by atoms with Gasteiger partial charge in [-0.05, 0) is 314 Å². The number of Topliss-reactive ketones (excluding diaryl/α,β-unsaturated/α-hetero) is 9. The van der Waals surface area contributed by atoms with E-state index < -0.39 is 39.5 Å². The van der Waals surface area contributed by atoms with Crippen molar-refractivity contribution in [1.29, 1.82) is 5.26 Å². The van der Waals surface area contributed by atoms with E-state index in [1.54, 1.807) is 0 Å². The second-order valence-electron chi connectivity index (χ2n) is 49.7. The van der Waals surface area contributed by atoms with Gasteiger partial charge in [0.1, 0.15) is 52.0 Å². The van der Waals surface area contributed by atoms with E-state index in [-0.39, 0.29) is 103 Å².